The highest BCUT2D eigenvalue weighted by molar-refractivity contribution is 7.99. The number of nitrogens with zero attached hydrogens (tertiary/aromatic N) is 4. The molecule has 0 spiro atoms. The van der Waals surface area contributed by atoms with Gasteiger partial charge in [0.05, 0.1) is 0 Å². The van der Waals surface area contributed by atoms with Crippen LogP contribution in [0.4, 0.5) is 11.6 Å². The number of carbonyl (C=O) groups is 1. The fraction of sp³-hybridized carbons (Fsp3) is 0.286. The van der Waals surface area contributed by atoms with Crippen molar-refractivity contribution in [1.82, 2.24) is 19.7 Å². The number of carbonyl (C=O) groups excluding carboxylic acids is 1. The van der Waals surface area contributed by atoms with E-state index in [9.17, 15) is 4.79 Å². The molecule has 0 amide bonds. The van der Waals surface area contributed by atoms with Crippen molar-refractivity contribution in [3.8, 4) is 5.75 Å². The maximum atomic E-state index is 12.4. The van der Waals surface area contributed by atoms with Crippen LogP contribution in [0.2, 0.25) is 0 Å². The number of nitrogens with one attached hydrogen (secondary N) is 1. The van der Waals surface area contributed by atoms with E-state index in [1.165, 1.54) is 22.5 Å². The van der Waals surface area contributed by atoms with Gasteiger partial charge in [0.2, 0.25) is 5.95 Å². The van der Waals surface area contributed by atoms with Gasteiger partial charge in [-0.25, -0.2) is 0 Å². The van der Waals surface area contributed by atoms with E-state index in [0.29, 0.717) is 18.1 Å². The number of rotatable bonds is 7. The van der Waals surface area contributed by atoms with E-state index >= 15 is 0 Å². The van der Waals surface area contributed by atoms with Crippen LogP contribution in [-0.4, -0.2) is 63.3 Å². The van der Waals surface area contributed by atoms with Crippen LogP contribution in [-0.2, 0) is 0 Å². The van der Waals surface area contributed by atoms with Crippen LogP contribution in [0.25, 0.3) is 0 Å². The minimum Gasteiger partial charge on any atom is -0.492 e. The molecule has 1 saturated heterocycles. The largest absolute Gasteiger partial charge is 0.492 e. The molecular formula is C21H23N5O2S. The van der Waals surface area contributed by atoms with Crippen molar-refractivity contribution in [1.29, 1.82) is 0 Å². The summed E-state index contributed by atoms with van der Waals surface area (Å²) in [6.07, 6.45) is 1.41. The van der Waals surface area contributed by atoms with Gasteiger partial charge in [0.25, 0.3) is 5.91 Å². The molecule has 2 aromatic carbocycles. The fourth-order valence-electron chi connectivity index (χ4n) is 3.01. The molecular weight excluding hydrogens is 386 g/mol. The van der Waals surface area contributed by atoms with Crippen molar-refractivity contribution in [2.45, 2.75) is 0 Å². The summed E-state index contributed by atoms with van der Waals surface area (Å²) < 4.78 is 7.07. The topological polar surface area (TPSA) is 72.3 Å². The molecule has 0 unspecified atom stereocenters. The molecule has 0 saturated carbocycles. The summed E-state index contributed by atoms with van der Waals surface area (Å²) in [5.74, 6) is 3.40. The van der Waals surface area contributed by atoms with Gasteiger partial charge in [0.15, 0.2) is 0 Å². The summed E-state index contributed by atoms with van der Waals surface area (Å²) in [5, 5.41) is 7.32. The molecule has 4 rings (SSSR count). The lowest BCUT2D eigenvalue weighted by Crippen LogP contribution is -2.35. The second-order valence-corrected chi connectivity index (χ2v) is 7.86. The second kappa shape index (κ2) is 9.58. The first kappa shape index (κ1) is 19.5. The highest BCUT2D eigenvalue weighted by Crippen LogP contribution is 2.18. The average molecular weight is 410 g/mol. The number of thioether (sulfide) groups is 1. The van der Waals surface area contributed by atoms with Gasteiger partial charge in [-0.05, 0) is 36.4 Å². The molecule has 2 heterocycles. The van der Waals surface area contributed by atoms with Gasteiger partial charge in [-0.3, -0.25) is 9.69 Å². The van der Waals surface area contributed by atoms with E-state index in [2.05, 4.69) is 20.3 Å². The highest BCUT2D eigenvalue weighted by Gasteiger charge is 2.11. The normalized spacial score (nSPS) is 14.5. The molecule has 1 aliphatic rings. The van der Waals surface area contributed by atoms with Crippen molar-refractivity contribution >= 4 is 29.3 Å². The first-order chi connectivity index (χ1) is 14.3. The van der Waals surface area contributed by atoms with E-state index < -0.39 is 0 Å². The molecule has 3 aromatic rings. The third-order valence-corrected chi connectivity index (χ3v) is 5.55. The third-order valence-electron chi connectivity index (χ3n) is 4.61. The Kier molecular flexibility index (Phi) is 6.43. The first-order valence-corrected chi connectivity index (χ1v) is 10.7. The predicted octanol–water partition coefficient (Wildman–Crippen LogP) is 3.14. The van der Waals surface area contributed by atoms with Crippen molar-refractivity contribution in [3.63, 3.8) is 0 Å². The molecule has 0 radical (unpaired) electrons. The van der Waals surface area contributed by atoms with Gasteiger partial charge in [0.1, 0.15) is 18.7 Å². The van der Waals surface area contributed by atoms with E-state index in [0.717, 1.165) is 31.1 Å². The Labute approximate surface area is 174 Å². The molecule has 1 aliphatic heterocycles. The van der Waals surface area contributed by atoms with Crippen LogP contribution >= 0.6 is 11.8 Å². The minimum atomic E-state index is -0.220. The smallest absolute Gasteiger partial charge is 0.279 e. The van der Waals surface area contributed by atoms with Crippen LogP contribution in [0.3, 0.4) is 0 Å². The summed E-state index contributed by atoms with van der Waals surface area (Å²) >= 11 is 2.01. The van der Waals surface area contributed by atoms with E-state index in [-0.39, 0.29) is 5.91 Å². The van der Waals surface area contributed by atoms with Crippen LogP contribution in [0.1, 0.15) is 10.4 Å². The van der Waals surface area contributed by atoms with Gasteiger partial charge in [0, 0.05) is 42.4 Å². The number of hydrogen-bond acceptors (Lipinski definition) is 7. The Morgan fingerprint density at radius 1 is 1.07 bits per heavy atom. The summed E-state index contributed by atoms with van der Waals surface area (Å²) in [6.45, 7) is 3.93. The molecule has 7 nitrogen and oxygen atoms in total. The zero-order valence-electron chi connectivity index (χ0n) is 16.0. The van der Waals surface area contributed by atoms with Crippen LogP contribution in [0.15, 0.2) is 60.9 Å². The number of anilines is 2. The maximum absolute atomic E-state index is 12.4. The number of ether oxygens (including phenoxy) is 1. The Morgan fingerprint density at radius 3 is 2.59 bits per heavy atom. The Bertz CT molecular complexity index is 924. The number of hydrogen-bond donors (Lipinski definition) is 1. The molecule has 29 heavy (non-hydrogen) atoms. The van der Waals surface area contributed by atoms with Gasteiger partial charge in [-0.15, -0.1) is 5.10 Å². The third kappa shape index (κ3) is 5.36. The van der Waals surface area contributed by atoms with Crippen molar-refractivity contribution < 1.29 is 9.53 Å². The lowest BCUT2D eigenvalue weighted by molar-refractivity contribution is 0.0945. The molecule has 1 aromatic heterocycles. The van der Waals surface area contributed by atoms with Crippen LogP contribution < -0.4 is 10.1 Å². The SMILES string of the molecule is O=C(c1ccccc1)n1cnc(Nc2ccc(OCCN3CCSCC3)cc2)n1. The van der Waals surface area contributed by atoms with Gasteiger partial charge < -0.3 is 10.1 Å². The molecule has 1 fully saturated rings. The molecule has 0 bridgehead atoms. The minimum absolute atomic E-state index is 0.220. The average Bonchev–Trinajstić information content (AvgIpc) is 3.24. The summed E-state index contributed by atoms with van der Waals surface area (Å²) in [7, 11) is 0. The number of aromatic nitrogens is 3. The maximum Gasteiger partial charge on any atom is 0.279 e. The summed E-state index contributed by atoms with van der Waals surface area (Å²) in [6, 6.07) is 16.7. The first-order valence-electron chi connectivity index (χ1n) is 9.59. The van der Waals surface area contributed by atoms with Gasteiger partial charge in [-0.2, -0.15) is 21.4 Å². The summed E-state index contributed by atoms with van der Waals surface area (Å²) in [5.41, 5.74) is 1.39. The van der Waals surface area contributed by atoms with Crippen molar-refractivity contribution in [3.05, 3.63) is 66.5 Å². The summed E-state index contributed by atoms with van der Waals surface area (Å²) in [4.78, 5) is 19.0. The lowest BCUT2D eigenvalue weighted by atomic mass is 10.2. The lowest BCUT2D eigenvalue weighted by Gasteiger charge is -2.25. The molecule has 150 valence electrons. The van der Waals surface area contributed by atoms with E-state index in [1.807, 2.05) is 54.2 Å². The zero-order valence-corrected chi connectivity index (χ0v) is 16.8. The van der Waals surface area contributed by atoms with Crippen molar-refractivity contribution in [2.75, 3.05) is 43.1 Å². The van der Waals surface area contributed by atoms with E-state index in [4.69, 9.17) is 4.74 Å². The van der Waals surface area contributed by atoms with Crippen LogP contribution in [0.5, 0.6) is 5.75 Å². The number of benzene rings is 2. The molecule has 0 atom stereocenters. The molecule has 0 aliphatic carbocycles. The Balaban J connectivity index is 1.29. The van der Waals surface area contributed by atoms with Gasteiger partial charge in [-0.1, -0.05) is 18.2 Å². The standard InChI is InChI=1S/C21H23N5O2S/c27-20(17-4-2-1-3-5-17)26-16-22-21(24-26)23-18-6-8-19(9-7-18)28-13-10-25-11-14-29-15-12-25/h1-9,16H,10-15H2,(H,23,24). The predicted molar refractivity (Wildman–Crippen MR) is 115 cm³/mol. The van der Waals surface area contributed by atoms with Gasteiger partial charge >= 0.3 is 0 Å². The monoisotopic (exact) mass is 409 g/mol. The Hall–Kier alpha value is -2.84. The molecule has 1 N–H and O–H groups in total. The second-order valence-electron chi connectivity index (χ2n) is 6.64. The fourth-order valence-corrected chi connectivity index (χ4v) is 3.99. The quantitative estimate of drug-likeness (QED) is 0.643. The highest BCUT2D eigenvalue weighted by atomic mass is 32.2. The van der Waals surface area contributed by atoms with Crippen LogP contribution in [0, 0.1) is 0 Å². The zero-order chi connectivity index (χ0) is 19.9. The van der Waals surface area contributed by atoms with E-state index in [1.54, 1.807) is 12.1 Å². The van der Waals surface area contributed by atoms with Crippen molar-refractivity contribution in [2.24, 2.45) is 0 Å². The Morgan fingerprint density at radius 2 is 1.83 bits per heavy atom. The molecule has 8 heteroatoms.